The second-order valence-corrected chi connectivity index (χ2v) is 5.20. The lowest BCUT2D eigenvalue weighted by atomic mass is 9.94. The number of hydrogen-bond acceptors (Lipinski definition) is 4. The maximum absolute atomic E-state index is 9.23. The van der Waals surface area contributed by atoms with Gasteiger partial charge in [-0.15, -0.1) is 0 Å². The van der Waals surface area contributed by atoms with Crippen LogP contribution < -0.4 is 0 Å². The van der Waals surface area contributed by atoms with Gasteiger partial charge in [0.2, 0.25) is 0 Å². The fourth-order valence-electron chi connectivity index (χ4n) is 2.34. The second kappa shape index (κ2) is 7.15. The van der Waals surface area contributed by atoms with Crippen LogP contribution in [0.4, 0.5) is 0 Å². The van der Waals surface area contributed by atoms with Crippen molar-refractivity contribution in [2.45, 2.75) is 6.92 Å². The normalized spacial score (nSPS) is 14.0. The van der Waals surface area contributed by atoms with Gasteiger partial charge in [0.05, 0.1) is 6.26 Å². The van der Waals surface area contributed by atoms with E-state index in [4.69, 9.17) is 4.74 Å². The van der Waals surface area contributed by atoms with Crippen molar-refractivity contribution in [2.75, 3.05) is 14.1 Å². The van der Waals surface area contributed by atoms with Crippen molar-refractivity contribution in [1.29, 1.82) is 10.5 Å². The zero-order valence-corrected chi connectivity index (χ0v) is 13.4. The molecule has 1 aliphatic rings. The van der Waals surface area contributed by atoms with E-state index in [1.165, 1.54) is 6.26 Å². The highest BCUT2D eigenvalue weighted by Crippen LogP contribution is 2.32. The topological polar surface area (TPSA) is 60.0 Å². The molecule has 1 aliphatic heterocycles. The van der Waals surface area contributed by atoms with Gasteiger partial charge in [0.25, 0.3) is 0 Å². The van der Waals surface area contributed by atoms with Gasteiger partial charge >= 0.3 is 0 Å². The highest BCUT2D eigenvalue weighted by atomic mass is 16.5. The summed E-state index contributed by atoms with van der Waals surface area (Å²) in [4.78, 5) is 1.95. The lowest BCUT2D eigenvalue weighted by Gasteiger charge is -2.25. The Balaban J connectivity index is 2.67. The van der Waals surface area contributed by atoms with Crippen molar-refractivity contribution in [1.82, 2.24) is 4.90 Å². The van der Waals surface area contributed by atoms with E-state index in [0.29, 0.717) is 11.3 Å². The summed E-state index contributed by atoms with van der Waals surface area (Å²) < 4.78 is 5.51. The maximum atomic E-state index is 9.23. The predicted octanol–water partition coefficient (Wildman–Crippen LogP) is 3.75. The van der Waals surface area contributed by atoms with Crippen LogP contribution in [0, 0.1) is 22.7 Å². The summed E-state index contributed by atoms with van der Waals surface area (Å²) in [5, 5.41) is 18.5. The number of ether oxygens (including phenoxy) is 1. The van der Waals surface area contributed by atoms with Crippen molar-refractivity contribution < 1.29 is 4.74 Å². The van der Waals surface area contributed by atoms with E-state index in [1.54, 1.807) is 6.08 Å². The van der Waals surface area contributed by atoms with Crippen molar-refractivity contribution in [2.24, 2.45) is 0 Å². The first kappa shape index (κ1) is 16.1. The van der Waals surface area contributed by atoms with Crippen LogP contribution >= 0.6 is 0 Å². The van der Waals surface area contributed by atoms with Gasteiger partial charge in [0.15, 0.2) is 0 Å². The van der Waals surface area contributed by atoms with Crippen molar-refractivity contribution in [3.8, 4) is 12.1 Å². The molecule has 0 bridgehead atoms. The third-order valence-electron chi connectivity index (χ3n) is 3.43. The molecule has 2 rings (SSSR count). The summed E-state index contributed by atoms with van der Waals surface area (Å²) in [7, 11) is 3.84. The average molecular weight is 303 g/mol. The number of rotatable bonds is 3. The van der Waals surface area contributed by atoms with Crippen LogP contribution in [0.3, 0.4) is 0 Å². The molecule has 0 aliphatic carbocycles. The van der Waals surface area contributed by atoms with E-state index >= 15 is 0 Å². The minimum atomic E-state index is 0.0692. The molecule has 1 heterocycles. The van der Waals surface area contributed by atoms with Crippen molar-refractivity contribution in [3.63, 3.8) is 0 Å². The van der Waals surface area contributed by atoms with Gasteiger partial charge in [-0.2, -0.15) is 10.5 Å². The van der Waals surface area contributed by atoms with E-state index in [0.717, 1.165) is 16.8 Å². The largest absolute Gasteiger partial charge is 0.469 e. The zero-order valence-electron chi connectivity index (χ0n) is 13.4. The maximum Gasteiger partial charge on any atom is 0.137 e. The molecule has 0 aromatic heterocycles. The minimum absolute atomic E-state index is 0.0692. The Bertz CT molecular complexity index is 781. The molecular weight excluding hydrogens is 286 g/mol. The van der Waals surface area contributed by atoms with Gasteiger partial charge in [-0.05, 0) is 24.6 Å². The van der Waals surface area contributed by atoms with E-state index < -0.39 is 0 Å². The Morgan fingerprint density at radius 3 is 2.35 bits per heavy atom. The molecule has 1 aromatic rings. The zero-order chi connectivity index (χ0) is 16.8. The molecular formula is C19H17N3O. The molecule has 0 saturated carbocycles. The Labute approximate surface area is 136 Å². The first-order valence-corrected chi connectivity index (χ1v) is 7.12. The van der Waals surface area contributed by atoms with Crippen molar-refractivity contribution in [3.05, 3.63) is 76.4 Å². The number of allylic oxidation sites excluding steroid dienone is 4. The molecule has 0 N–H and O–H groups in total. The second-order valence-electron chi connectivity index (χ2n) is 5.20. The fourth-order valence-corrected chi connectivity index (χ4v) is 2.34. The highest BCUT2D eigenvalue weighted by molar-refractivity contribution is 5.68. The van der Waals surface area contributed by atoms with Crippen LogP contribution in [-0.2, 0) is 4.74 Å². The lowest BCUT2D eigenvalue weighted by molar-refractivity contribution is 0.341. The van der Waals surface area contributed by atoms with Crippen LogP contribution in [0.25, 0.3) is 6.08 Å². The Morgan fingerprint density at radius 1 is 1.13 bits per heavy atom. The monoisotopic (exact) mass is 303 g/mol. The number of likely N-dealkylation sites (N-methyl/N-ethyl adjacent to an activating group) is 1. The molecule has 23 heavy (non-hydrogen) atoms. The van der Waals surface area contributed by atoms with Crippen LogP contribution in [0.2, 0.25) is 0 Å². The smallest absolute Gasteiger partial charge is 0.137 e. The summed E-state index contributed by atoms with van der Waals surface area (Å²) in [6.07, 6.45) is 5.17. The Kier molecular flexibility index (Phi) is 5.02. The average Bonchev–Trinajstić information content (AvgIpc) is 2.55. The summed E-state index contributed by atoms with van der Waals surface area (Å²) in [5.41, 5.74) is 3.30. The summed E-state index contributed by atoms with van der Waals surface area (Å²) in [5.74, 6) is 0.654. The van der Waals surface area contributed by atoms with Crippen LogP contribution in [0.1, 0.15) is 12.5 Å². The van der Waals surface area contributed by atoms with Gasteiger partial charge in [-0.1, -0.05) is 30.3 Å². The number of benzene rings is 1. The molecule has 0 saturated heterocycles. The van der Waals surface area contributed by atoms with Crippen LogP contribution in [0.15, 0.2) is 70.8 Å². The number of hydrogen-bond donors (Lipinski definition) is 0. The number of nitrogens with zero attached hydrogens (tertiary/aromatic N) is 3. The Morgan fingerprint density at radius 2 is 1.78 bits per heavy atom. The van der Waals surface area contributed by atoms with Gasteiger partial charge in [0, 0.05) is 30.9 Å². The fraction of sp³-hybridized carbons (Fsp3) is 0.158. The SMILES string of the molecule is CC1=C(C(=Cc2ccccc2)N(C)C)C(=C(C#N)C#N)C=CO1. The molecule has 0 amide bonds. The molecule has 0 fully saturated rings. The lowest BCUT2D eigenvalue weighted by Crippen LogP contribution is -2.17. The van der Waals surface area contributed by atoms with Gasteiger partial charge in [0.1, 0.15) is 23.5 Å². The van der Waals surface area contributed by atoms with Crippen LogP contribution in [-0.4, -0.2) is 19.0 Å². The van der Waals surface area contributed by atoms with E-state index in [-0.39, 0.29) is 5.57 Å². The third-order valence-corrected chi connectivity index (χ3v) is 3.43. The van der Waals surface area contributed by atoms with E-state index in [2.05, 4.69) is 0 Å². The van der Waals surface area contributed by atoms with Crippen LogP contribution in [0.5, 0.6) is 0 Å². The summed E-state index contributed by atoms with van der Waals surface area (Å²) in [6, 6.07) is 13.8. The third kappa shape index (κ3) is 3.51. The molecule has 4 nitrogen and oxygen atoms in total. The summed E-state index contributed by atoms with van der Waals surface area (Å²) >= 11 is 0. The van der Waals surface area contributed by atoms with E-state index in [9.17, 15) is 10.5 Å². The van der Waals surface area contributed by atoms with Crippen molar-refractivity contribution >= 4 is 6.08 Å². The van der Waals surface area contributed by atoms with Gasteiger partial charge in [-0.3, -0.25) is 0 Å². The number of nitriles is 2. The first-order valence-electron chi connectivity index (χ1n) is 7.12. The van der Waals surface area contributed by atoms with Gasteiger partial charge in [-0.25, -0.2) is 0 Å². The van der Waals surface area contributed by atoms with Gasteiger partial charge < -0.3 is 9.64 Å². The first-order chi connectivity index (χ1) is 11.1. The predicted molar refractivity (Wildman–Crippen MR) is 89.3 cm³/mol. The Hall–Kier alpha value is -3.24. The van der Waals surface area contributed by atoms with E-state index in [1.807, 2.05) is 74.5 Å². The molecule has 114 valence electrons. The minimum Gasteiger partial charge on any atom is -0.469 e. The molecule has 1 aromatic carbocycles. The molecule has 0 unspecified atom stereocenters. The molecule has 0 spiro atoms. The molecule has 0 radical (unpaired) electrons. The quantitative estimate of drug-likeness (QED) is 0.798. The molecule has 4 heteroatoms. The standard InChI is InChI=1S/C19H17N3O/c1-14-19(17(9-10-23-14)16(12-20)13-21)18(22(2)3)11-15-7-5-4-6-8-15/h4-11H,1-3H3. The highest BCUT2D eigenvalue weighted by Gasteiger charge is 2.22. The summed E-state index contributed by atoms with van der Waals surface area (Å²) in [6.45, 7) is 1.83. The molecule has 0 atom stereocenters.